The molecule has 1 aliphatic carbocycles. The van der Waals surface area contributed by atoms with E-state index in [2.05, 4.69) is 10.6 Å². The Kier molecular flexibility index (Phi) is 6.02. The number of benzene rings is 2. The summed E-state index contributed by atoms with van der Waals surface area (Å²) in [5.41, 5.74) is 1.12. The maximum absolute atomic E-state index is 13.4. The lowest BCUT2D eigenvalue weighted by Gasteiger charge is -2.35. The zero-order valence-electron chi connectivity index (χ0n) is 17.1. The van der Waals surface area contributed by atoms with E-state index in [9.17, 15) is 14.0 Å². The van der Waals surface area contributed by atoms with Crippen LogP contribution in [0, 0.1) is 5.82 Å². The molecular weight excluding hydrogens is 381 g/mol. The summed E-state index contributed by atoms with van der Waals surface area (Å²) >= 11 is 0. The van der Waals surface area contributed by atoms with Crippen molar-refractivity contribution in [2.24, 2.45) is 0 Å². The molecule has 5 nitrogen and oxygen atoms in total. The maximum Gasteiger partial charge on any atom is 0.321 e. The van der Waals surface area contributed by atoms with Crippen LogP contribution in [0.5, 0.6) is 0 Å². The Bertz CT molecular complexity index is 871. The first-order valence-electron chi connectivity index (χ1n) is 10.7. The highest BCUT2D eigenvalue weighted by Gasteiger charge is 2.43. The van der Waals surface area contributed by atoms with Gasteiger partial charge in [-0.15, -0.1) is 0 Å². The van der Waals surface area contributed by atoms with E-state index >= 15 is 0 Å². The first-order chi connectivity index (χ1) is 14.6. The van der Waals surface area contributed by atoms with Crippen LogP contribution in [0.15, 0.2) is 54.6 Å². The third-order valence-corrected chi connectivity index (χ3v) is 6.43. The number of amides is 3. The van der Waals surface area contributed by atoms with Gasteiger partial charge in [-0.2, -0.15) is 0 Å². The van der Waals surface area contributed by atoms with Gasteiger partial charge in [0.25, 0.3) is 0 Å². The van der Waals surface area contributed by atoms with Crippen LogP contribution in [0.1, 0.15) is 44.1 Å². The van der Waals surface area contributed by atoms with E-state index in [0.29, 0.717) is 13.1 Å². The van der Waals surface area contributed by atoms with Gasteiger partial charge < -0.3 is 15.5 Å². The molecule has 1 heterocycles. The van der Waals surface area contributed by atoms with Crippen LogP contribution in [0.2, 0.25) is 0 Å². The summed E-state index contributed by atoms with van der Waals surface area (Å²) in [7, 11) is 0. The fourth-order valence-electron chi connectivity index (χ4n) is 4.67. The van der Waals surface area contributed by atoms with Gasteiger partial charge in [-0.05, 0) is 55.5 Å². The lowest BCUT2D eigenvalue weighted by molar-refractivity contribution is -0.127. The Morgan fingerprint density at radius 2 is 1.57 bits per heavy atom. The highest BCUT2D eigenvalue weighted by Crippen LogP contribution is 2.41. The minimum atomic E-state index is -0.560. The van der Waals surface area contributed by atoms with Crippen LogP contribution in [-0.2, 0) is 10.2 Å². The zero-order chi connectivity index (χ0) is 21.0. The molecule has 1 saturated heterocycles. The van der Waals surface area contributed by atoms with Gasteiger partial charge in [0.1, 0.15) is 5.82 Å². The molecule has 0 bridgehead atoms. The monoisotopic (exact) mass is 409 g/mol. The highest BCUT2D eigenvalue weighted by molar-refractivity contribution is 5.90. The van der Waals surface area contributed by atoms with Crippen LogP contribution in [-0.4, -0.2) is 36.0 Å². The number of carbonyl (C=O) groups is 2. The molecule has 2 aromatic carbocycles. The quantitative estimate of drug-likeness (QED) is 0.784. The van der Waals surface area contributed by atoms with Crippen molar-refractivity contribution < 1.29 is 14.0 Å². The molecule has 2 aliphatic rings. The third kappa shape index (κ3) is 4.32. The number of piperidine rings is 1. The zero-order valence-corrected chi connectivity index (χ0v) is 17.1. The van der Waals surface area contributed by atoms with E-state index in [4.69, 9.17) is 0 Å². The second-order valence-corrected chi connectivity index (χ2v) is 8.33. The molecule has 2 N–H and O–H groups in total. The second-order valence-electron chi connectivity index (χ2n) is 8.33. The molecule has 158 valence electrons. The number of hydrogen-bond donors (Lipinski definition) is 2. The predicted molar refractivity (Wildman–Crippen MR) is 115 cm³/mol. The summed E-state index contributed by atoms with van der Waals surface area (Å²) in [6, 6.07) is 15.7. The summed E-state index contributed by atoms with van der Waals surface area (Å²) in [4.78, 5) is 27.5. The average molecular weight is 410 g/mol. The number of anilines is 1. The minimum absolute atomic E-state index is 0.0406. The smallest absolute Gasteiger partial charge is 0.321 e. The Morgan fingerprint density at radius 3 is 2.20 bits per heavy atom. The van der Waals surface area contributed by atoms with Crippen LogP contribution in [0.25, 0.3) is 0 Å². The summed E-state index contributed by atoms with van der Waals surface area (Å²) in [5, 5.41) is 6.15. The van der Waals surface area contributed by atoms with Crippen molar-refractivity contribution in [2.45, 2.75) is 50.0 Å². The number of urea groups is 1. The third-order valence-electron chi connectivity index (χ3n) is 6.43. The highest BCUT2D eigenvalue weighted by atomic mass is 19.1. The van der Waals surface area contributed by atoms with E-state index in [1.54, 1.807) is 17.0 Å². The van der Waals surface area contributed by atoms with Crippen molar-refractivity contribution in [1.29, 1.82) is 0 Å². The number of halogens is 1. The van der Waals surface area contributed by atoms with Crippen molar-refractivity contribution in [3.05, 3.63) is 66.0 Å². The normalized spacial score (nSPS) is 18.8. The van der Waals surface area contributed by atoms with E-state index in [0.717, 1.165) is 49.8 Å². The summed E-state index contributed by atoms with van der Waals surface area (Å²) in [6.45, 7) is 1.21. The fraction of sp³-hybridized carbons (Fsp3) is 0.417. The number of hydrogen-bond acceptors (Lipinski definition) is 2. The number of likely N-dealkylation sites (tertiary alicyclic amines) is 1. The molecule has 0 radical (unpaired) electrons. The second kappa shape index (κ2) is 8.86. The van der Waals surface area contributed by atoms with Crippen molar-refractivity contribution in [2.75, 3.05) is 18.4 Å². The van der Waals surface area contributed by atoms with Gasteiger partial charge in [-0.25, -0.2) is 9.18 Å². The molecule has 3 amide bonds. The molecule has 1 aliphatic heterocycles. The van der Waals surface area contributed by atoms with Crippen molar-refractivity contribution >= 4 is 17.6 Å². The minimum Gasteiger partial charge on any atom is -0.352 e. The molecule has 0 spiro atoms. The van der Waals surface area contributed by atoms with E-state index in [-0.39, 0.29) is 23.8 Å². The van der Waals surface area contributed by atoms with Crippen molar-refractivity contribution in [3.63, 3.8) is 0 Å². The number of rotatable bonds is 4. The Balaban J connectivity index is 1.34. The van der Waals surface area contributed by atoms with E-state index < -0.39 is 5.41 Å². The van der Waals surface area contributed by atoms with Crippen LogP contribution < -0.4 is 10.6 Å². The van der Waals surface area contributed by atoms with Gasteiger partial charge >= 0.3 is 6.03 Å². The predicted octanol–water partition coefficient (Wildman–Crippen LogP) is 4.45. The molecule has 30 heavy (non-hydrogen) atoms. The standard InChI is InChI=1S/C24H28FN3O2/c25-19-10-8-18(9-11-19)24(14-4-5-15-24)22(29)26-21-12-16-28(17-13-21)23(30)27-20-6-2-1-3-7-20/h1-3,6-11,21H,4-5,12-17H2,(H,26,29)(H,27,30). The van der Waals surface area contributed by atoms with Crippen molar-refractivity contribution in [1.82, 2.24) is 10.2 Å². The Labute approximate surface area is 176 Å². The molecule has 4 rings (SSSR count). The average Bonchev–Trinajstić information content (AvgIpc) is 3.27. The number of carbonyl (C=O) groups excluding carboxylic acids is 2. The fourth-order valence-corrected chi connectivity index (χ4v) is 4.67. The van der Waals surface area contributed by atoms with E-state index in [1.807, 2.05) is 30.3 Å². The molecule has 2 fully saturated rings. The summed E-state index contributed by atoms with van der Waals surface area (Å²) in [5.74, 6) is -0.243. The van der Waals surface area contributed by atoms with Gasteiger partial charge in [-0.3, -0.25) is 4.79 Å². The molecule has 0 unspecified atom stereocenters. The number of para-hydroxylation sites is 1. The van der Waals surface area contributed by atoms with Crippen LogP contribution in [0.4, 0.5) is 14.9 Å². The largest absolute Gasteiger partial charge is 0.352 e. The first kappa shape index (κ1) is 20.4. The van der Waals surface area contributed by atoms with Gasteiger partial charge in [0.2, 0.25) is 5.91 Å². The maximum atomic E-state index is 13.4. The van der Waals surface area contributed by atoms with Gasteiger partial charge in [0.15, 0.2) is 0 Å². The Morgan fingerprint density at radius 1 is 0.933 bits per heavy atom. The summed E-state index contributed by atoms with van der Waals surface area (Å²) in [6.07, 6.45) is 5.05. The molecular formula is C24H28FN3O2. The molecule has 2 aromatic rings. The lowest BCUT2D eigenvalue weighted by atomic mass is 9.77. The topological polar surface area (TPSA) is 61.4 Å². The molecule has 0 atom stereocenters. The lowest BCUT2D eigenvalue weighted by Crippen LogP contribution is -2.52. The Hall–Kier alpha value is -2.89. The number of nitrogens with one attached hydrogen (secondary N) is 2. The molecule has 1 saturated carbocycles. The molecule has 0 aromatic heterocycles. The van der Waals surface area contributed by atoms with Gasteiger partial charge in [-0.1, -0.05) is 43.2 Å². The van der Waals surface area contributed by atoms with E-state index in [1.165, 1.54) is 12.1 Å². The first-order valence-corrected chi connectivity index (χ1v) is 10.7. The van der Waals surface area contributed by atoms with Crippen molar-refractivity contribution in [3.8, 4) is 0 Å². The molecule has 6 heteroatoms. The number of nitrogens with zero attached hydrogens (tertiary/aromatic N) is 1. The van der Waals surface area contributed by atoms with Crippen LogP contribution >= 0.6 is 0 Å². The van der Waals surface area contributed by atoms with Crippen LogP contribution in [0.3, 0.4) is 0 Å². The van der Waals surface area contributed by atoms with Gasteiger partial charge in [0, 0.05) is 24.8 Å². The summed E-state index contributed by atoms with van der Waals surface area (Å²) < 4.78 is 13.4. The SMILES string of the molecule is O=C(Nc1ccccc1)N1CCC(NC(=O)C2(c3ccc(F)cc3)CCCC2)CC1. The van der Waals surface area contributed by atoms with Gasteiger partial charge in [0.05, 0.1) is 5.41 Å².